The number of anilines is 1. The molecule has 14 heavy (non-hydrogen) atoms. The summed E-state index contributed by atoms with van der Waals surface area (Å²) in [5, 5.41) is 11.5. The van der Waals surface area contributed by atoms with E-state index >= 15 is 0 Å². The van der Waals surface area contributed by atoms with Gasteiger partial charge in [-0.3, -0.25) is 0 Å². The van der Waals surface area contributed by atoms with Crippen molar-refractivity contribution in [3.8, 4) is 0 Å². The van der Waals surface area contributed by atoms with E-state index in [-0.39, 0.29) is 0 Å². The lowest BCUT2D eigenvalue weighted by Crippen LogP contribution is -2.15. The van der Waals surface area contributed by atoms with Crippen molar-refractivity contribution in [1.82, 2.24) is 10.2 Å². The summed E-state index contributed by atoms with van der Waals surface area (Å²) in [5.41, 5.74) is 0.529. The first-order valence-electron chi connectivity index (χ1n) is 4.97. The van der Waals surface area contributed by atoms with Crippen molar-refractivity contribution in [3.05, 3.63) is 17.3 Å². The van der Waals surface area contributed by atoms with Crippen LogP contribution < -0.4 is 5.32 Å². The quantitative estimate of drug-likeness (QED) is 0.832. The summed E-state index contributed by atoms with van der Waals surface area (Å²) in [5.74, 6) is 0.814. The number of halogens is 1. The molecule has 1 aliphatic rings. The van der Waals surface area contributed by atoms with Crippen molar-refractivity contribution in [3.63, 3.8) is 0 Å². The summed E-state index contributed by atoms with van der Waals surface area (Å²) < 4.78 is 0. The Morgan fingerprint density at radius 2 is 2.21 bits per heavy atom. The zero-order valence-electron chi connectivity index (χ0n) is 8.26. The first-order chi connectivity index (χ1) is 6.74. The van der Waals surface area contributed by atoms with Gasteiger partial charge in [0.05, 0.1) is 0 Å². The van der Waals surface area contributed by atoms with E-state index in [0.717, 1.165) is 12.4 Å². The summed E-state index contributed by atoms with van der Waals surface area (Å²) in [6, 6.07) is 3.61. The normalized spacial score (nSPS) is 17.9. The molecule has 0 bridgehead atoms. The van der Waals surface area contributed by atoms with Crippen molar-refractivity contribution in [2.45, 2.75) is 26.2 Å². The van der Waals surface area contributed by atoms with E-state index in [1.165, 1.54) is 19.3 Å². The minimum atomic E-state index is 0.437. The van der Waals surface area contributed by atoms with Gasteiger partial charge in [0.25, 0.3) is 0 Å². The molecule has 76 valence electrons. The van der Waals surface area contributed by atoms with Crippen LogP contribution >= 0.6 is 11.6 Å². The lowest BCUT2D eigenvalue weighted by molar-refractivity contribution is 0.520. The van der Waals surface area contributed by atoms with Crippen molar-refractivity contribution >= 4 is 17.4 Å². The molecular formula is C10H14ClN3. The van der Waals surface area contributed by atoms with Crippen LogP contribution in [0.5, 0.6) is 0 Å². The molecule has 1 saturated carbocycles. The number of nitrogens with one attached hydrogen (secondary N) is 1. The van der Waals surface area contributed by atoms with Crippen LogP contribution in [-0.4, -0.2) is 16.7 Å². The Morgan fingerprint density at radius 3 is 2.71 bits per heavy atom. The van der Waals surface area contributed by atoms with Crippen molar-refractivity contribution in [2.75, 3.05) is 11.9 Å². The van der Waals surface area contributed by atoms with Crippen LogP contribution in [0.4, 0.5) is 5.82 Å². The Kier molecular flexibility index (Phi) is 2.59. The lowest BCUT2D eigenvalue weighted by atomic mass is 10.0. The number of nitrogens with zero attached hydrogens (tertiary/aromatic N) is 2. The van der Waals surface area contributed by atoms with Gasteiger partial charge in [-0.25, -0.2) is 0 Å². The number of rotatable bonds is 4. The van der Waals surface area contributed by atoms with E-state index in [1.807, 2.05) is 6.07 Å². The average Bonchev–Trinajstić information content (AvgIpc) is 2.98. The Hall–Kier alpha value is -0.830. The second kappa shape index (κ2) is 3.73. The van der Waals surface area contributed by atoms with Crippen molar-refractivity contribution < 1.29 is 0 Å². The van der Waals surface area contributed by atoms with Gasteiger partial charge in [-0.2, -0.15) is 0 Å². The number of hydrogen-bond acceptors (Lipinski definition) is 3. The van der Waals surface area contributed by atoms with E-state index in [9.17, 15) is 0 Å². The molecule has 1 aromatic heterocycles. The van der Waals surface area contributed by atoms with Crippen LogP contribution in [0.3, 0.4) is 0 Å². The Balaban J connectivity index is 1.89. The van der Waals surface area contributed by atoms with Crippen molar-refractivity contribution in [2.24, 2.45) is 5.41 Å². The van der Waals surface area contributed by atoms with E-state index in [1.54, 1.807) is 6.07 Å². The van der Waals surface area contributed by atoms with E-state index in [2.05, 4.69) is 22.4 Å². The fourth-order valence-electron chi connectivity index (χ4n) is 1.52. The maximum Gasteiger partial charge on any atom is 0.151 e. The zero-order valence-corrected chi connectivity index (χ0v) is 9.01. The maximum atomic E-state index is 5.64. The zero-order chi connectivity index (χ0) is 10.0. The summed E-state index contributed by atoms with van der Waals surface area (Å²) in [7, 11) is 0. The molecule has 0 spiro atoms. The van der Waals surface area contributed by atoms with E-state index in [4.69, 9.17) is 11.6 Å². The molecule has 1 heterocycles. The fraction of sp³-hybridized carbons (Fsp3) is 0.600. The second-order valence-corrected chi connectivity index (χ2v) is 4.34. The van der Waals surface area contributed by atoms with Crippen LogP contribution in [-0.2, 0) is 0 Å². The lowest BCUT2D eigenvalue weighted by Gasteiger charge is -2.13. The molecule has 0 aromatic carbocycles. The van der Waals surface area contributed by atoms with Gasteiger partial charge >= 0.3 is 0 Å². The molecule has 3 nitrogen and oxygen atoms in total. The van der Waals surface area contributed by atoms with Crippen LogP contribution in [0.25, 0.3) is 0 Å². The molecular weight excluding hydrogens is 198 g/mol. The molecule has 0 radical (unpaired) electrons. The Labute approximate surface area is 88.9 Å². The molecule has 0 saturated heterocycles. The van der Waals surface area contributed by atoms with Crippen molar-refractivity contribution in [1.29, 1.82) is 0 Å². The third-order valence-corrected chi connectivity index (χ3v) is 3.19. The van der Waals surface area contributed by atoms with Gasteiger partial charge in [0, 0.05) is 6.54 Å². The number of aromatic nitrogens is 2. The van der Waals surface area contributed by atoms with E-state index < -0.39 is 0 Å². The van der Waals surface area contributed by atoms with Crippen LogP contribution in [0.1, 0.15) is 26.2 Å². The molecule has 1 aliphatic carbocycles. The maximum absolute atomic E-state index is 5.64. The highest BCUT2D eigenvalue weighted by atomic mass is 35.5. The van der Waals surface area contributed by atoms with Gasteiger partial charge in [-0.05, 0) is 36.8 Å². The fourth-order valence-corrected chi connectivity index (χ4v) is 1.62. The van der Waals surface area contributed by atoms with Gasteiger partial charge in [0.15, 0.2) is 5.15 Å². The van der Waals surface area contributed by atoms with Gasteiger partial charge in [-0.15, -0.1) is 10.2 Å². The second-order valence-electron chi connectivity index (χ2n) is 3.95. The third-order valence-electron chi connectivity index (χ3n) is 2.98. The standard InChI is InChI=1S/C10H14ClN3/c1-2-10(5-6-10)7-12-9-4-3-8(11)13-14-9/h3-4H,2,5-7H2,1H3,(H,12,14). The van der Waals surface area contributed by atoms with Crippen LogP contribution in [0, 0.1) is 5.41 Å². The molecule has 0 unspecified atom stereocenters. The minimum Gasteiger partial charge on any atom is -0.368 e. The van der Waals surface area contributed by atoms with Gasteiger partial charge < -0.3 is 5.32 Å². The summed E-state index contributed by atoms with van der Waals surface area (Å²) >= 11 is 5.64. The molecule has 1 N–H and O–H groups in total. The van der Waals surface area contributed by atoms with Gasteiger partial charge in [-0.1, -0.05) is 18.5 Å². The van der Waals surface area contributed by atoms with Gasteiger partial charge in [0.1, 0.15) is 5.82 Å². The monoisotopic (exact) mass is 211 g/mol. The Bertz CT molecular complexity index is 306. The molecule has 0 atom stereocenters. The van der Waals surface area contributed by atoms with Crippen LogP contribution in [0.15, 0.2) is 12.1 Å². The molecule has 4 heteroatoms. The Morgan fingerprint density at radius 1 is 1.43 bits per heavy atom. The van der Waals surface area contributed by atoms with Crippen LogP contribution in [0.2, 0.25) is 5.15 Å². The predicted octanol–water partition coefficient (Wildman–Crippen LogP) is 2.73. The minimum absolute atomic E-state index is 0.437. The molecule has 0 aliphatic heterocycles. The van der Waals surface area contributed by atoms with E-state index in [0.29, 0.717) is 10.6 Å². The number of hydrogen-bond donors (Lipinski definition) is 1. The summed E-state index contributed by atoms with van der Waals surface area (Å²) in [6.45, 7) is 3.24. The summed E-state index contributed by atoms with van der Waals surface area (Å²) in [4.78, 5) is 0. The molecule has 1 aromatic rings. The smallest absolute Gasteiger partial charge is 0.151 e. The SMILES string of the molecule is CCC1(CNc2ccc(Cl)nn2)CC1. The molecule has 1 fully saturated rings. The highest BCUT2D eigenvalue weighted by Gasteiger charge is 2.40. The molecule has 0 amide bonds. The van der Waals surface area contributed by atoms with Gasteiger partial charge in [0.2, 0.25) is 0 Å². The highest BCUT2D eigenvalue weighted by molar-refractivity contribution is 6.29. The summed E-state index contributed by atoms with van der Waals surface area (Å²) in [6.07, 6.45) is 3.90. The first-order valence-corrected chi connectivity index (χ1v) is 5.35. The first kappa shape index (κ1) is 9.71. The highest BCUT2D eigenvalue weighted by Crippen LogP contribution is 2.48. The third kappa shape index (κ3) is 2.15. The molecule has 2 rings (SSSR count). The topological polar surface area (TPSA) is 37.8 Å². The largest absolute Gasteiger partial charge is 0.368 e. The predicted molar refractivity (Wildman–Crippen MR) is 57.5 cm³/mol. The average molecular weight is 212 g/mol.